The van der Waals surface area contributed by atoms with Crippen LogP contribution in [0.3, 0.4) is 0 Å². The molecule has 0 radical (unpaired) electrons. The van der Waals surface area contributed by atoms with Crippen molar-refractivity contribution in [1.29, 1.82) is 0 Å². The summed E-state index contributed by atoms with van der Waals surface area (Å²) in [7, 11) is 0. The van der Waals surface area contributed by atoms with Crippen LogP contribution in [-0.4, -0.2) is 32.8 Å². The second-order valence-electron chi connectivity index (χ2n) is 4.72. The van der Waals surface area contributed by atoms with Gasteiger partial charge >= 0.3 is 0 Å². The highest BCUT2D eigenvalue weighted by molar-refractivity contribution is 5.12. The molecule has 1 atom stereocenters. The molecule has 1 N–H and O–H groups in total. The van der Waals surface area contributed by atoms with Crippen molar-refractivity contribution in [2.75, 3.05) is 13.1 Å². The predicted molar refractivity (Wildman–Crippen MR) is 68.2 cm³/mol. The first-order chi connectivity index (χ1) is 8.93. The molecule has 1 saturated heterocycles. The first-order valence-electron chi connectivity index (χ1n) is 6.41. The first kappa shape index (κ1) is 11.3. The van der Waals surface area contributed by atoms with Gasteiger partial charge in [-0.2, -0.15) is 0 Å². The van der Waals surface area contributed by atoms with Crippen LogP contribution in [0.5, 0.6) is 0 Å². The molecule has 18 heavy (non-hydrogen) atoms. The number of pyridine rings is 1. The number of hydrogen-bond donors (Lipinski definition) is 1. The lowest BCUT2D eigenvalue weighted by atomic mass is 9.99. The summed E-state index contributed by atoms with van der Waals surface area (Å²) in [6, 6.07) is 4.06. The summed E-state index contributed by atoms with van der Waals surface area (Å²) in [6.07, 6.45) is 7.88. The zero-order valence-corrected chi connectivity index (χ0v) is 10.3. The highest BCUT2D eigenvalue weighted by atomic mass is 15.3. The molecular formula is C13H17N5. The van der Waals surface area contributed by atoms with Crippen LogP contribution in [0.4, 0.5) is 0 Å². The monoisotopic (exact) mass is 243 g/mol. The maximum Gasteiger partial charge on any atom is 0.137 e. The Labute approximate surface area is 106 Å². The van der Waals surface area contributed by atoms with Crippen molar-refractivity contribution < 1.29 is 0 Å². The number of piperidine rings is 1. The topological polar surface area (TPSA) is 55.6 Å². The van der Waals surface area contributed by atoms with Crippen LogP contribution in [0.1, 0.15) is 30.1 Å². The quantitative estimate of drug-likeness (QED) is 0.879. The van der Waals surface area contributed by atoms with Crippen LogP contribution >= 0.6 is 0 Å². The molecule has 5 nitrogen and oxygen atoms in total. The van der Waals surface area contributed by atoms with Crippen LogP contribution in [0.2, 0.25) is 0 Å². The van der Waals surface area contributed by atoms with E-state index in [1.54, 1.807) is 0 Å². The zero-order chi connectivity index (χ0) is 12.2. The summed E-state index contributed by atoms with van der Waals surface area (Å²) in [5.74, 6) is 1.59. The van der Waals surface area contributed by atoms with Gasteiger partial charge in [0.05, 0.1) is 6.54 Å². The van der Waals surface area contributed by atoms with E-state index in [0.717, 1.165) is 25.5 Å². The fourth-order valence-electron chi connectivity index (χ4n) is 2.46. The molecule has 0 saturated carbocycles. The Balaban J connectivity index is 1.78. The van der Waals surface area contributed by atoms with E-state index in [1.807, 2.05) is 30.9 Å². The van der Waals surface area contributed by atoms with Gasteiger partial charge in [-0.25, -0.2) is 0 Å². The van der Waals surface area contributed by atoms with Gasteiger partial charge in [0.15, 0.2) is 0 Å². The molecule has 3 rings (SSSR count). The number of rotatable bonds is 3. The highest BCUT2D eigenvalue weighted by Crippen LogP contribution is 2.21. The predicted octanol–water partition coefficient (Wildman–Crippen LogP) is 1.19. The minimum atomic E-state index is 0.489. The molecule has 0 aromatic carbocycles. The first-order valence-corrected chi connectivity index (χ1v) is 6.41. The molecule has 1 aliphatic heterocycles. The van der Waals surface area contributed by atoms with E-state index in [9.17, 15) is 0 Å². The lowest BCUT2D eigenvalue weighted by Gasteiger charge is -2.22. The summed E-state index contributed by atoms with van der Waals surface area (Å²) in [6.45, 7) is 2.95. The van der Waals surface area contributed by atoms with Gasteiger partial charge in [0, 0.05) is 24.9 Å². The van der Waals surface area contributed by atoms with E-state index in [1.165, 1.54) is 18.4 Å². The van der Waals surface area contributed by atoms with Crippen LogP contribution < -0.4 is 5.32 Å². The van der Waals surface area contributed by atoms with Crippen LogP contribution in [0.15, 0.2) is 30.9 Å². The molecule has 2 aromatic rings. The Morgan fingerprint density at radius 2 is 2.22 bits per heavy atom. The molecular weight excluding hydrogens is 226 g/mol. The normalized spacial score (nSPS) is 19.9. The average molecular weight is 243 g/mol. The van der Waals surface area contributed by atoms with E-state index >= 15 is 0 Å². The Bertz CT molecular complexity index is 487. The Morgan fingerprint density at radius 1 is 1.33 bits per heavy atom. The maximum absolute atomic E-state index is 4.29. The molecule has 0 amide bonds. The Kier molecular flexibility index (Phi) is 3.32. The summed E-state index contributed by atoms with van der Waals surface area (Å²) in [5, 5.41) is 11.8. The van der Waals surface area contributed by atoms with E-state index in [4.69, 9.17) is 0 Å². The standard InChI is InChI=1S/C13H17N5/c1-2-12(8-15-5-1)13-17-16-10-18(13)9-11-3-6-14-7-4-11/h3-4,6-7,10,12,15H,1-2,5,8-9H2. The number of nitrogens with one attached hydrogen (secondary N) is 1. The number of nitrogens with zero attached hydrogens (tertiary/aromatic N) is 4. The minimum absolute atomic E-state index is 0.489. The van der Waals surface area contributed by atoms with Gasteiger partial charge in [0.2, 0.25) is 0 Å². The van der Waals surface area contributed by atoms with Crippen molar-refractivity contribution in [3.8, 4) is 0 Å². The van der Waals surface area contributed by atoms with Crippen molar-refractivity contribution >= 4 is 0 Å². The van der Waals surface area contributed by atoms with Crippen molar-refractivity contribution in [1.82, 2.24) is 25.1 Å². The third-order valence-electron chi connectivity index (χ3n) is 3.41. The second-order valence-corrected chi connectivity index (χ2v) is 4.72. The second kappa shape index (κ2) is 5.27. The van der Waals surface area contributed by atoms with Gasteiger partial charge in [0.25, 0.3) is 0 Å². The summed E-state index contributed by atoms with van der Waals surface area (Å²) < 4.78 is 2.15. The zero-order valence-electron chi connectivity index (χ0n) is 10.3. The molecule has 5 heteroatoms. The smallest absolute Gasteiger partial charge is 0.137 e. The van der Waals surface area contributed by atoms with Gasteiger partial charge in [-0.05, 0) is 37.1 Å². The molecule has 3 heterocycles. The van der Waals surface area contributed by atoms with Crippen LogP contribution in [0, 0.1) is 0 Å². The van der Waals surface area contributed by atoms with Gasteiger partial charge in [0.1, 0.15) is 12.2 Å². The molecule has 0 aliphatic carbocycles. The van der Waals surface area contributed by atoms with Crippen molar-refractivity contribution in [3.63, 3.8) is 0 Å². The third kappa shape index (κ3) is 2.41. The lowest BCUT2D eigenvalue weighted by Crippen LogP contribution is -2.30. The summed E-state index contributed by atoms with van der Waals surface area (Å²) in [4.78, 5) is 4.04. The molecule has 0 spiro atoms. The molecule has 1 fully saturated rings. The van der Waals surface area contributed by atoms with Gasteiger partial charge < -0.3 is 9.88 Å². The largest absolute Gasteiger partial charge is 0.316 e. The Morgan fingerprint density at radius 3 is 3.00 bits per heavy atom. The summed E-state index contributed by atoms with van der Waals surface area (Å²) >= 11 is 0. The lowest BCUT2D eigenvalue weighted by molar-refractivity contribution is 0.435. The Hall–Kier alpha value is -1.75. The fourth-order valence-corrected chi connectivity index (χ4v) is 2.46. The van der Waals surface area contributed by atoms with Gasteiger partial charge in [-0.15, -0.1) is 10.2 Å². The SMILES string of the molecule is c1cc(Cn2cnnc2C2CCCNC2)ccn1. The fraction of sp³-hybridized carbons (Fsp3) is 0.462. The van der Waals surface area contributed by atoms with Crippen molar-refractivity contribution in [3.05, 3.63) is 42.2 Å². The number of hydrogen-bond acceptors (Lipinski definition) is 4. The van der Waals surface area contributed by atoms with E-state index in [0.29, 0.717) is 5.92 Å². The average Bonchev–Trinajstić information content (AvgIpc) is 2.89. The molecule has 0 bridgehead atoms. The van der Waals surface area contributed by atoms with E-state index in [2.05, 4.69) is 25.1 Å². The maximum atomic E-state index is 4.29. The van der Waals surface area contributed by atoms with Gasteiger partial charge in [-0.3, -0.25) is 4.98 Å². The highest BCUT2D eigenvalue weighted by Gasteiger charge is 2.20. The van der Waals surface area contributed by atoms with Crippen molar-refractivity contribution in [2.45, 2.75) is 25.3 Å². The van der Waals surface area contributed by atoms with Gasteiger partial charge in [-0.1, -0.05) is 0 Å². The van der Waals surface area contributed by atoms with Crippen molar-refractivity contribution in [2.24, 2.45) is 0 Å². The van der Waals surface area contributed by atoms with E-state index < -0.39 is 0 Å². The van der Waals surface area contributed by atoms with E-state index in [-0.39, 0.29) is 0 Å². The molecule has 94 valence electrons. The third-order valence-corrected chi connectivity index (χ3v) is 3.41. The molecule has 1 unspecified atom stereocenters. The van der Waals surface area contributed by atoms with Crippen LogP contribution in [-0.2, 0) is 6.54 Å². The molecule has 1 aliphatic rings. The number of aromatic nitrogens is 4. The van der Waals surface area contributed by atoms with Crippen LogP contribution in [0.25, 0.3) is 0 Å². The minimum Gasteiger partial charge on any atom is -0.316 e. The summed E-state index contributed by atoms with van der Waals surface area (Å²) in [5.41, 5.74) is 1.23. The molecule has 2 aromatic heterocycles.